The number of ether oxygens (including phenoxy) is 1. The van der Waals surface area contributed by atoms with Crippen LogP contribution in [-0.2, 0) is 9.53 Å². The van der Waals surface area contributed by atoms with Gasteiger partial charge in [-0.25, -0.2) is 9.18 Å². The van der Waals surface area contributed by atoms with Crippen molar-refractivity contribution in [2.45, 2.75) is 64.2 Å². The molecule has 2 aliphatic rings. The van der Waals surface area contributed by atoms with Crippen molar-refractivity contribution in [3.05, 3.63) is 71.0 Å². The molecule has 33 heavy (non-hydrogen) atoms. The standard InChI is InChI=1S/C27H33FN2O3/c1-5-23(19-6-8-21(9-7-19)26(32)33-4)30-25(31)24(20-10-12-22(28)13-11-20)29-27(30)15-17(2)14-18(3)16-27/h6-13,17-18,23-24,29H,5,14-16H2,1-4H3/t17?,18?,23-,24?,27?/m1/s1. The Labute approximate surface area is 195 Å². The van der Waals surface area contributed by atoms with Gasteiger partial charge in [0.05, 0.1) is 24.4 Å². The third-order valence-electron chi connectivity index (χ3n) is 7.15. The van der Waals surface area contributed by atoms with Gasteiger partial charge in [0.15, 0.2) is 0 Å². The summed E-state index contributed by atoms with van der Waals surface area (Å²) in [6, 6.07) is 12.9. The van der Waals surface area contributed by atoms with E-state index in [4.69, 9.17) is 4.74 Å². The largest absolute Gasteiger partial charge is 0.465 e. The number of carbonyl (C=O) groups is 2. The summed E-state index contributed by atoms with van der Waals surface area (Å²) in [5.74, 6) is 0.279. The maximum atomic E-state index is 14.0. The second-order valence-corrected chi connectivity index (χ2v) is 9.76. The van der Waals surface area contributed by atoms with Gasteiger partial charge in [-0.05, 0) is 72.9 Å². The topological polar surface area (TPSA) is 58.6 Å². The van der Waals surface area contributed by atoms with Crippen LogP contribution in [0.1, 0.15) is 80.0 Å². The van der Waals surface area contributed by atoms with E-state index >= 15 is 0 Å². The molecule has 176 valence electrons. The zero-order chi connectivity index (χ0) is 23.8. The number of nitrogens with one attached hydrogen (secondary N) is 1. The van der Waals surface area contributed by atoms with E-state index in [9.17, 15) is 14.0 Å². The molecule has 2 aromatic rings. The number of hydrogen-bond acceptors (Lipinski definition) is 4. The third kappa shape index (κ3) is 4.41. The number of methoxy groups -OCH3 is 1. The van der Waals surface area contributed by atoms with Crippen molar-refractivity contribution in [3.8, 4) is 0 Å². The number of nitrogens with zero attached hydrogens (tertiary/aromatic N) is 1. The molecule has 3 unspecified atom stereocenters. The second-order valence-electron chi connectivity index (χ2n) is 9.76. The van der Waals surface area contributed by atoms with Crippen molar-refractivity contribution < 1.29 is 18.7 Å². The monoisotopic (exact) mass is 452 g/mol. The van der Waals surface area contributed by atoms with Gasteiger partial charge in [-0.15, -0.1) is 0 Å². The summed E-state index contributed by atoms with van der Waals surface area (Å²) in [5, 5.41) is 3.71. The summed E-state index contributed by atoms with van der Waals surface area (Å²) in [6.45, 7) is 6.58. The van der Waals surface area contributed by atoms with Crippen LogP contribution in [-0.4, -0.2) is 29.5 Å². The molecule has 1 aliphatic carbocycles. The molecule has 0 bridgehead atoms. The molecule has 2 aromatic carbocycles. The first-order chi connectivity index (χ1) is 15.8. The van der Waals surface area contributed by atoms with E-state index in [1.54, 1.807) is 24.3 Å². The Hall–Kier alpha value is -2.73. The normalized spacial score (nSPS) is 28.2. The predicted molar refractivity (Wildman–Crippen MR) is 125 cm³/mol. The zero-order valence-electron chi connectivity index (χ0n) is 19.8. The molecule has 1 saturated heterocycles. The second kappa shape index (κ2) is 9.26. The Bertz CT molecular complexity index is 995. The van der Waals surface area contributed by atoms with E-state index in [2.05, 4.69) is 31.0 Å². The van der Waals surface area contributed by atoms with Crippen LogP contribution >= 0.6 is 0 Å². The molecular formula is C27H33FN2O3. The Kier molecular flexibility index (Phi) is 6.57. The molecule has 0 radical (unpaired) electrons. The number of rotatable bonds is 5. The first-order valence-corrected chi connectivity index (χ1v) is 11.8. The van der Waals surface area contributed by atoms with E-state index < -0.39 is 11.7 Å². The number of benzene rings is 2. The van der Waals surface area contributed by atoms with Gasteiger partial charge in [-0.2, -0.15) is 0 Å². The van der Waals surface area contributed by atoms with Gasteiger partial charge >= 0.3 is 5.97 Å². The van der Waals surface area contributed by atoms with Crippen LogP contribution in [0.15, 0.2) is 48.5 Å². The predicted octanol–water partition coefficient (Wildman–Crippen LogP) is 5.39. The van der Waals surface area contributed by atoms with Gasteiger partial charge in [0.2, 0.25) is 5.91 Å². The maximum Gasteiger partial charge on any atom is 0.337 e. The highest BCUT2D eigenvalue weighted by molar-refractivity contribution is 5.89. The first-order valence-electron chi connectivity index (χ1n) is 11.8. The summed E-state index contributed by atoms with van der Waals surface area (Å²) in [5.41, 5.74) is 1.80. The molecule has 1 spiro atoms. The van der Waals surface area contributed by atoms with Crippen LogP contribution in [0, 0.1) is 17.7 Å². The molecule has 2 fully saturated rings. The summed E-state index contributed by atoms with van der Waals surface area (Å²) in [6.07, 6.45) is 3.62. The van der Waals surface area contributed by atoms with Crippen molar-refractivity contribution in [1.29, 1.82) is 0 Å². The SMILES string of the molecule is CC[C@H](c1ccc(C(=O)OC)cc1)N1C(=O)C(c2ccc(F)cc2)NC12CC(C)CC(C)C2. The van der Waals surface area contributed by atoms with Crippen LogP contribution in [0.2, 0.25) is 0 Å². The van der Waals surface area contributed by atoms with E-state index in [0.29, 0.717) is 17.4 Å². The fourth-order valence-corrected chi connectivity index (χ4v) is 6.01. The fourth-order valence-electron chi connectivity index (χ4n) is 6.01. The summed E-state index contributed by atoms with van der Waals surface area (Å²) < 4.78 is 18.4. The number of amides is 1. The van der Waals surface area contributed by atoms with Crippen molar-refractivity contribution in [2.24, 2.45) is 11.8 Å². The van der Waals surface area contributed by atoms with Crippen LogP contribution < -0.4 is 5.32 Å². The lowest BCUT2D eigenvalue weighted by molar-refractivity contribution is -0.138. The van der Waals surface area contributed by atoms with Crippen molar-refractivity contribution in [2.75, 3.05) is 7.11 Å². The fraction of sp³-hybridized carbons (Fsp3) is 0.481. The molecule has 1 N–H and O–H groups in total. The zero-order valence-corrected chi connectivity index (χ0v) is 19.8. The molecule has 1 heterocycles. The van der Waals surface area contributed by atoms with Crippen LogP contribution in [0.3, 0.4) is 0 Å². The van der Waals surface area contributed by atoms with Gasteiger partial charge in [-0.3, -0.25) is 10.1 Å². The van der Waals surface area contributed by atoms with Crippen molar-refractivity contribution in [1.82, 2.24) is 10.2 Å². The number of halogens is 1. The highest BCUT2D eigenvalue weighted by Gasteiger charge is 2.55. The molecule has 0 aromatic heterocycles. The van der Waals surface area contributed by atoms with Gasteiger partial charge in [0.25, 0.3) is 0 Å². The lowest BCUT2D eigenvalue weighted by atomic mass is 9.75. The Morgan fingerprint density at radius 2 is 1.73 bits per heavy atom. The maximum absolute atomic E-state index is 14.0. The third-order valence-corrected chi connectivity index (χ3v) is 7.15. The van der Waals surface area contributed by atoms with Gasteiger partial charge < -0.3 is 9.64 Å². The lowest BCUT2D eigenvalue weighted by Crippen LogP contribution is -2.57. The molecule has 1 amide bonds. The number of carbonyl (C=O) groups excluding carboxylic acids is 2. The number of esters is 1. The molecule has 6 heteroatoms. The van der Waals surface area contributed by atoms with E-state index in [-0.39, 0.29) is 23.7 Å². The average molecular weight is 453 g/mol. The molecule has 5 nitrogen and oxygen atoms in total. The molecule has 1 aliphatic heterocycles. The average Bonchev–Trinajstić information content (AvgIpc) is 3.05. The summed E-state index contributed by atoms with van der Waals surface area (Å²) in [7, 11) is 1.37. The minimum atomic E-state index is -0.508. The highest BCUT2D eigenvalue weighted by atomic mass is 19.1. The van der Waals surface area contributed by atoms with Gasteiger partial charge in [-0.1, -0.05) is 45.0 Å². The van der Waals surface area contributed by atoms with E-state index in [1.807, 2.05) is 12.1 Å². The summed E-state index contributed by atoms with van der Waals surface area (Å²) in [4.78, 5) is 27.9. The van der Waals surface area contributed by atoms with Crippen molar-refractivity contribution >= 4 is 11.9 Å². The number of hydrogen-bond donors (Lipinski definition) is 1. The molecule has 1 saturated carbocycles. The van der Waals surface area contributed by atoms with Crippen molar-refractivity contribution in [3.63, 3.8) is 0 Å². The Morgan fingerprint density at radius 3 is 2.27 bits per heavy atom. The molecule has 4 atom stereocenters. The van der Waals surface area contributed by atoms with Gasteiger partial charge in [0, 0.05) is 0 Å². The van der Waals surface area contributed by atoms with E-state index in [1.165, 1.54) is 19.2 Å². The smallest absolute Gasteiger partial charge is 0.337 e. The Balaban J connectivity index is 1.75. The molecule has 4 rings (SSSR count). The highest BCUT2D eigenvalue weighted by Crippen LogP contribution is 2.48. The Morgan fingerprint density at radius 1 is 1.12 bits per heavy atom. The molecular weight excluding hydrogens is 419 g/mol. The lowest BCUT2D eigenvalue weighted by Gasteiger charge is -2.48. The van der Waals surface area contributed by atoms with E-state index in [0.717, 1.165) is 36.8 Å². The van der Waals surface area contributed by atoms with Crippen LogP contribution in [0.4, 0.5) is 4.39 Å². The first kappa shape index (κ1) is 23.4. The van der Waals surface area contributed by atoms with Gasteiger partial charge in [0.1, 0.15) is 11.9 Å². The van der Waals surface area contributed by atoms with Crippen LogP contribution in [0.25, 0.3) is 0 Å². The van der Waals surface area contributed by atoms with Crippen LogP contribution in [0.5, 0.6) is 0 Å². The quantitative estimate of drug-likeness (QED) is 0.618. The minimum Gasteiger partial charge on any atom is -0.465 e. The minimum absolute atomic E-state index is 0.0202. The summed E-state index contributed by atoms with van der Waals surface area (Å²) >= 11 is 0.